The van der Waals surface area contributed by atoms with Crippen molar-refractivity contribution in [2.24, 2.45) is 10.9 Å². The lowest BCUT2D eigenvalue weighted by molar-refractivity contribution is 0.357. The lowest BCUT2D eigenvalue weighted by Gasteiger charge is -2.17. The molecule has 0 atom stereocenters. The second kappa shape index (κ2) is 8.53. The van der Waals surface area contributed by atoms with Crippen molar-refractivity contribution >= 4 is 5.96 Å². The monoisotopic (exact) mass is 214 g/mol. The SMILES string of the molecule is CCN(C)CCNC(=NC)NCC(C)C. The van der Waals surface area contributed by atoms with E-state index in [-0.39, 0.29) is 0 Å². The van der Waals surface area contributed by atoms with Gasteiger partial charge in [0.1, 0.15) is 0 Å². The van der Waals surface area contributed by atoms with Gasteiger partial charge in [0.05, 0.1) is 0 Å². The molecule has 0 rings (SSSR count). The van der Waals surface area contributed by atoms with E-state index in [1.54, 1.807) is 7.05 Å². The Labute approximate surface area is 94.1 Å². The zero-order valence-electron chi connectivity index (χ0n) is 10.8. The fourth-order valence-corrected chi connectivity index (χ4v) is 1.04. The molecule has 0 amide bonds. The highest BCUT2D eigenvalue weighted by Gasteiger charge is 1.99. The number of nitrogens with one attached hydrogen (secondary N) is 2. The first-order chi connectivity index (χ1) is 7.10. The largest absolute Gasteiger partial charge is 0.356 e. The Morgan fingerprint density at radius 2 is 2.00 bits per heavy atom. The number of rotatable bonds is 6. The molecule has 4 heteroatoms. The van der Waals surface area contributed by atoms with Crippen LogP contribution in [-0.4, -0.2) is 51.1 Å². The quantitative estimate of drug-likeness (QED) is 0.506. The smallest absolute Gasteiger partial charge is 0.191 e. The molecule has 0 aromatic rings. The molecule has 4 nitrogen and oxygen atoms in total. The van der Waals surface area contributed by atoms with Gasteiger partial charge in [0.2, 0.25) is 0 Å². The van der Waals surface area contributed by atoms with Gasteiger partial charge in [-0.2, -0.15) is 0 Å². The number of guanidine groups is 1. The highest BCUT2D eigenvalue weighted by atomic mass is 15.2. The van der Waals surface area contributed by atoms with Crippen LogP contribution >= 0.6 is 0 Å². The molecule has 0 aromatic carbocycles. The van der Waals surface area contributed by atoms with Gasteiger partial charge in [-0.1, -0.05) is 20.8 Å². The van der Waals surface area contributed by atoms with E-state index in [0.29, 0.717) is 5.92 Å². The lowest BCUT2D eigenvalue weighted by Crippen LogP contribution is -2.42. The van der Waals surface area contributed by atoms with Gasteiger partial charge in [-0.15, -0.1) is 0 Å². The van der Waals surface area contributed by atoms with Crippen molar-refractivity contribution in [3.8, 4) is 0 Å². The van der Waals surface area contributed by atoms with E-state index < -0.39 is 0 Å². The summed E-state index contributed by atoms with van der Waals surface area (Å²) in [6.07, 6.45) is 0. The number of nitrogens with zero attached hydrogens (tertiary/aromatic N) is 2. The predicted octanol–water partition coefficient (Wildman–Crippen LogP) is 0.759. The first kappa shape index (κ1) is 14.2. The number of hydrogen-bond donors (Lipinski definition) is 2. The van der Waals surface area contributed by atoms with E-state index >= 15 is 0 Å². The van der Waals surface area contributed by atoms with Crippen LogP contribution in [0.2, 0.25) is 0 Å². The Morgan fingerprint density at radius 1 is 1.33 bits per heavy atom. The van der Waals surface area contributed by atoms with Gasteiger partial charge in [-0.25, -0.2) is 0 Å². The minimum Gasteiger partial charge on any atom is -0.356 e. The summed E-state index contributed by atoms with van der Waals surface area (Å²) < 4.78 is 0. The summed E-state index contributed by atoms with van der Waals surface area (Å²) in [5, 5.41) is 6.57. The number of aliphatic imine (C=N–C) groups is 1. The van der Waals surface area contributed by atoms with Gasteiger partial charge in [-0.3, -0.25) is 4.99 Å². The summed E-state index contributed by atoms with van der Waals surface area (Å²) in [4.78, 5) is 6.43. The average molecular weight is 214 g/mol. The van der Waals surface area contributed by atoms with Crippen LogP contribution < -0.4 is 10.6 Å². The second-order valence-electron chi connectivity index (χ2n) is 4.17. The summed E-state index contributed by atoms with van der Waals surface area (Å²) in [5.74, 6) is 1.54. The molecule has 0 fully saturated rings. The summed E-state index contributed by atoms with van der Waals surface area (Å²) in [7, 11) is 3.92. The maximum atomic E-state index is 4.16. The van der Waals surface area contributed by atoms with Crippen molar-refractivity contribution in [2.75, 3.05) is 40.3 Å². The predicted molar refractivity (Wildman–Crippen MR) is 67.4 cm³/mol. The normalized spacial score (nSPS) is 12.3. The van der Waals surface area contributed by atoms with Crippen LogP contribution in [0.1, 0.15) is 20.8 Å². The van der Waals surface area contributed by atoms with Crippen LogP contribution in [0, 0.1) is 5.92 Å². The average Bonchev–Trinajstić information content (AvgIpc) is 2.22. The van der Waals surface area contributed by atoms with Gasteiger partial charge in [0.25, 0.3) is 0 Å². The van der Waals surface area contributed by atoms with Crippen molar-refractivity contribution in [1.82, 2.24) is 15.5 Å². The zero-order chi connectivity index (χ0) is 11.7. The zero-order valence-corrected chi connectivity index (χ0v) is 10.8. The first-order valence-electron chi connectivity index (χ1n) is 5.73. The number of hydrogen-bond acceptors (Lipinski definition) is 2. The van der Waals surface area contributed by atoms with E-state index in [1.807, 2.05) is 0 Å². The van der Waals surface area contributed by atoms with Gasteiger partial charge >= 0.3 is 0 Å². The summed E-state index contributed by atoms with van der Waals surface area (Å²) in [5.41, 5.74) is 0. The van der Waals surface area contributed by atoms with Gasteiger partial charge in [-0.05, 0) is 19.5 Å². The third kappa shape index (κ3) is 8.24. The number of likely N-dealkylation sites (N-methyl/N-ethyl adjacent to an activating group) is 1. The Kier molecular flexibility index (Phi) is 8.09. The van der Waals surface area contributed by atoms with Crippen LogP contribution in [0.3, 0.4) is 0 Å². The molecule has 0 radical (unpaired) electrons. The van der Waals surface area contributed by atoms with Crippen LogP contribution in [-0.2, 0) is 0 Å². The van der Waals surface area contributed by atoms with Gasteiger partial charge in [0.15, 0.2) is 5.96 Å². The summed E-state index contributed by atoms with van der Waals surface area (Å²) >= 11 is 0. The van der Waals surface area contributed by atoms with E-state index in [1.165, 1.54) is 0 Å². The molecule has 0 aliphatic heterocycles. The molecule has 2 N–H and O–H groups in total. The molecule has 0 aromatic heterocycles. The van der Waals surface area contributed by atoms with Crippen molar-refractivity contribution in [3.05, 3.63) is 0 Å². The fraction of sp³-hybridized carbons (Fsp3) is 0.909. The molecule has 0 heterocycles. The molecule has 15 heavy (non-hydrogen) atoms. The highest BCUT2D eigenvalue weighted by molar-refractivity contribution is 5.79. The van der Waals surface area contributed by atoms with Gasteiger partial charge < -0.3 is 15.5 Å². The Hall–Kier alpha value is -0.770. The molecule has 0 saturated heterocycles. The summed E-state index contributed by atoms with van der Waals surface area (Å²) in [6.45, 7) is 10.5. The molecule has 0 aliphatic carbocycles. The third-order valence-electron chi connectivity index (χ3n) is 2.23. The molecular formula is C11H26N4. The van der Waals surface area contributed by atoms with E-state index in [9.17, 15) is 0 Å². The molecule has 0 spiro atoms. The van der Waals surface area contributed by atoms with E-state index in [4.69, 9.17) is 0 Å². The van der Waals surface area contributed by atoms with Crippen LogP contribution in [0.4, 0.5) is 0 Å². The minimum atomic E-state index is 0.641. The Balaban J connectivity index is 3.63. The van der Waals surface area contributed by atoms with Gasteiger partial charge in [0, 0.05) is 26.7 Å². The van der Waals surface area contributed by atoms with Crippen molar-refractivity contribution in [3.63, 3.8) is 0 Å². The highest BCUT2D eigenvalue weighted by Crippen LogP contribution is 1.86. The molecule has 0 aliphatic rings. The summed E-state index contributed by atoms with van der Waals surface area (Å²) in [6, 6.07) is 0. The molecule has 0 saturated carbocycles. The standard InChI is InChI=1S/C11H26N4/c1-6-15(5)8-7-13-11(12-4)14-9-10(2)3/h10H,6-9H2,1-5H3,(H2,12,13,14). The first-order valence-corrected chi connectivity index (χ1v) is 5.73. The maximum absolute atomic E-state index is 4.16. The Bertz CT molecular complexity index is 177. The molecular weight excluding hydrogens is 188 g/mol. The van der Waals surface area contributed by atoms with Crippen LogP contribution in [0.5, 0.6) is 0 Å². The molecule has 90 valence electrons. The Morgan fingerprint density at radius 3 is 2.47 bits per heavy atom. The van der Waals surface area contributed by atoms with Crippen LogP contribution in [0.15, 0.2) is 4.99 Å². The van der Waals surface area contributed by atoms with Crippen molar-refractivity contribution in [2.45, 2.75) is 20.8 Å². The van der Waals surface area contributed by atoms with Crippen molar-refractivity contribution < 1.29 is 0 Å². The molecule has 0 bridgehead atoms. The third-order valence-corrected chi connectivity index (χ3v) is 2.23. The topological polar surface area (TPSA) is 39.7 Å². The maximum Gasteiger partial charge on any atom is 0.191 e. The second-order valence-corrected chi connectivity index (χ2v) is 4.17. The van der Waals surface area contributed by atoms with E-state index in [0.717, 1.165) is 32.1 Å². The van der Waals surface area contributed by atoms with Crippen molar-refractivity contribution in [1.29, 1.82) is 0 Å². The molecule has 0 unspecified atom stereocenters. The fourth-order valence-electron chi connectivity index (χ4n) is 1.04. The lowest BCUT2D eigenvalue weighted by atomic mass is 10.2. The van der Waals surface area contributed by atoms with Crippen LogP contribution in [0.25, 0.3) is 0 Å². The minimum absolute atomic E-state index is 0.641. The van der Waals surface area contributed by atoms with E-state index in [2.05, 4.69) is 48.3 Å².